The fourth-order valence-corrected chi connectivity index (χ4v) is 3.17. The van der Waals surface area contributed by atoms with Crippen LogP contribution in [0.4, 0.5) is 0 Å². The van der Waals surface area contributed by atoms with Gasteiger partial charge in [-0.05, 0) is 26.2 Å². The molecule has 1 aliphatic carbocycles. The topological polar surface area (TPSA) is 75.4 Å². The molecule has 0 radical (unpaired) electrons. The van der Waals surface area contributed by atoms with Crippen molar-refractivity contribution in [3.8, 4) is 0 Å². The Labute approximate surface area is 114 Å². The van der Waals surface area contributed by atoms with E-state index in [1.54, 1.807) is 0 Å². The number of hydrogen-bond donors (Lipinski definition) is 2. The third kappa shape index (κ3) is 3.93. The van der Waals surface area contributed by atoms with Crippen molar-refractivity contribution < 1.29 is 9.59 Å². The predicted octanol–water partition coefficient (Wildman–Crippen LogP) is 0.775. The lowest BCUT2D eigenvalue weighted by atomic mass is 9.94. The molecule has 5 nitrogen and oxygen atoms in total. The Hall–Kier alpha value is -1.10. The number of nitrogens with one attached hydrogen (secondary N) is 1. The lowest BCUT2D eigenvalue weighted by Gasteiger charge is -2.25. The summed E-state index contributed by atoms with van der Waals surface area (Å²) in [5, 5.41) is 2.97. The average Bonchev–Trinajstić information content (AvgIpc) is 2.88. The minimum absolute atomic E-state index is 0.000414. The van der Waals surface area contributed by atoms with Crippen molar-refractivity contribution in [2.24, 2.45) is 5.73 Å². The Morgan fingerprint density at radius 3 is 2.68 bits per heavy atom. The molecule has 19 heavy (non-hydrogen) atoms. The first-order valence-electron chi connectivity index (χ1n) is 7.35. The highest BCUT2D eigenvalue weighted by atomic mass is 16.2. The van der Waals surface area contributed by atoms with Gasteiger partial charge in [-0.1, -0.05) is 12.8 Å². The van der Waals surface area contributed by atoms with Crippen LogP contribution in [-0.2, 0) is 9.59 Å². The van der Waals surface area contributed by atoms with Crippen LogP contribution in [0.2, 0.25) is 0 Å². The molecule has 2 rings (SSSR count). The number of rotatable bonds is 5. The molecule has 1 saturated heterocycles. The van der Waals surface area contributed by atoms with E-state index in [1.165, 1.54) is 0 Å². The number of amides is 2. The molecule has 2 fully saturated rings. The Balaban J connectivity index is 1.73. The van der Waals surface area contributed by atoms with Crippen molar-refractivity contribution in [2.45, 2.75) is 63.5 Å². The summed E-state index contributed by atoms with van der Waals surface area (Å²) < 4.78 is 0. The van der Waals surface area contributed by atoms with Crippen LogP contribution in [0, 0.1) is 0 Å². The van der Waals surface area contributed by atoms with Crippen LogP contribution in [0.25, 0.3) is 0 Å². The third-order valence-corrected chi connectivity index (χ3v) is 4.18. The highest BCUT2D eigenvalue weighted by Crippen LogP contribution is 2.29. The van der Waals surface area contributed by atoms with Crippen molar-refractivity contribution in [2.75, 3.05) is 13.1 Å². The van der Waals surface area contributed by atoms with Gasteiger partial charge in [0, 0.05) is 37.5 Å². The summed E-state index contributed by atoms with van der Waals surface area (Å²) >= 11 is 0. The van der Waals surface area contributed by atoms with E-state index in [1.807, 2.05) is 11.8 Å². The van der Waals surface area contributed by atoms with Crippen molar-refractivity contribution in [1.29, 1.82) is 0 Å². The number of carbonyl (C=O) groups is 2. The summed E-state index contributed by atoms with van der Waals surface area (Å²) in [5.41, 5.74) is 5.90. The van der Waals surface area contributed by atoms with Crippen molar-refractivity contribution in [3.05, 3.63) is 0 Å². The van der Waals surface area contributed by atoms with Crippen LogP contribution < -0.4 is 11.1 Å². The second-order valence-electron chi connectivity index (χ2n) is 6.16. The van der Waals surface area contributed by atoms with Crippen LogP contribution >= 0.6 is 0 Å². The zero-order valence-corrected chi connectivity index (χ0v) is 11.8. The standard InChI is InChI=1S/C14H25N3O2/c1-11(10-17-8-4-5-13(17)19)16-12(18)9-14(15)6-2-3-7-14/h11H,2-10,15H2,1H3,(H,16,18). The van der Waals surface area contributed by atoms with Crippen LogP contribution in [0.1, 0.15) is 51.9 Å². The molecule has 1 aliphatic heterocycles. The molecule has 1 atom stereocenters. The van der Waals surface area contributed by atoms with E-state index >= 15 is 0 Å². The number of nitrogens with zero attached hydrogens (tertiary/aromatic N) is 1. The van der Waals surface area contributed by atoms with E-state index in [0.29, 0.717) is 19.4 Å². The summed E-state index contributed by atoms with van der Waals surface area (Å²) in [4.78, 5) is 25.3. The second kappa shape index (κ2) is 5.90. The molecule has 0 spiro atoms. The third-order valence-electron chi connectivity index (χ3n) is 4.18. The molecule has 0 aromatic carbocycles. The highest BCUT2D eigenvalue weighted by Gasteiger charge is 2.32. The van der Waals surface area contributed by atoms with Gasteiger partial charge in [-0.2, -0.15) is 0 Å². The minimum atomic E-state index is -0.298. The minimum Gasteiger partial charge on any atom is -0.352 e. The molecule has 2 aliphatic rings. The number of carbonyl (C=O) groups excluding carboxylic acids is 2. The van der Waals surface area contributed by atoms with Crippen molar-refractivity contribution >= 4 is 11.8 Å². The SMILES string of the molecule is CC(CN1CCCC1=O)NC(=O)CC1(N)CCCC1. The maximum absolute atomic E-state index is 12.0. The van der Waals surface area contributed by atoms with Gasteiger partial charge in [-0.3, -0.25) is 9.59 Å². The Morgan fingerprint density at radius 2 is 2.11 bits per heavy atom. The second-order valence-corrected chi connectivity index (χ2v) is 6.16. The van der Waals surface area contributed by atoms with Gasteiger partial charge in [0.05, 0.1) is 0 Å². The number of hydrogen-bond acceptors (Lipinski definition) is 3. The molecular formula is C14H25N3O2. The molecule has 0 aromatic rings. The van der Waals surface area contributed by atoms with Gasteiger partial charge in [-0.15, -0.1) is 0 Å². The first-order valence-corrected chi connectivity index (χ1v) is 7.35. The predicted molar refractivity (Wildman–Crippen MR) is 73.4 cm³/mol. The van der Waals surface area contributed by atoms with Gasteiger partial charge in [0.1, 0.15) is 0 Å². The highest BCUT2D eigenvalue weighted by molar-refractivity contribution is 5.79. The lowest BCUT2D eigenvalue weighted by molar-refractivity contribution is -0.129. The Bertz CT molecular complexity index is 351. The van der Waals surface area contributed by atoms with E-state index in [9.17, 15) is 9.59 Å². The molecule has 5 heteroatoms. The average molecular weight is 267 g/mol. The molecular weight excluding hydrogens is 242 g/mol. The van der Waals surface area contributed by atoms with Crippen molar-refractivity contribution in [1.82, 2.24) is 10.2 Å². The molecule has 2 amide bonds. The van der Waals surface area contributed by atoms with Crippen LogP contribution in [0.3, 0.4) is 0 Å². The van der Waals surface area contributed by atoms with Crippen LogP contribution in [0.15, 0.2) is 0 Å². The Kier molecular flexibility index (Phi) is 4.45. The number of nitrogens with two attached hydrogens (primary N) is 1. The van der Waals surface area contributed by atoms with Crippen LogP contribution in [0.5, 0.6) is 0 Å². The molecule has 3 N–H and O–H groups in total. The van der Waals surface area contributed by atoms with E-state index in [0.717, 1.165) is 38.6 Å². The number of likely N-dealkylation sites (tertiary alicyclic amines) is 1. The molecule has 0 aromatic heterocycles. The first kappa shape index (κ1) is 14.3. The maximum Gasteiger partial charge on any atom is 0.222 e. The van der Waals surface area contributed by atoms with Crippen LogP contribution in [-0.4, -0.2) is 41.4 Å². The van der Waals surface area contributed by atoms with E-state index in [-0.39, 0.29) is 23.4 Å². The normalized spacial score (nSPS) is 23.7. The van der Waals surface area contributed by atoms with Gasteiger partial charge in [0.15, 0.2) is 0 Å². The van der Waals surface area contributed by atoms with Gasteiger partial charge < -0.3 is 16.0 Å². The largest absolute Gasteiger partial charge is 0.352 e. The summed E-state index contributed by atoms with van der Waals surface area (Å²) in [6.07, 6.45) is 6.13. The van der Waals surface area contributed by atoms with Crippen molar-refractivity contribution in [3.63, 3.8) is 0 Å². The maximum atomic E-state index is 12.0. The quantitative estimate of drug-likeness (QED) is 0.772. The Morgan fingerprint density at radius 1 is 1.42 bits per heavy atom. The van der Waals surface area contributed by atoms with E-state index in [4.69, 9.17) is 5.73 Å². The fourth-order valence-electron chi connectivity index (χ4n) is 3.17. The summed E-state index contributed by atoms with van der Waals surface area (Å²) in [6.45, 7) is 3.38. The molecule has 1 unspecified atom stereocenters. The van der Waals surface area contributed by atoms with Gasteiger partial charge >= 0.3 is 0 Å². The van der Waals surface area contributed by atoms with E-state index in [2.05, 4.69) is 5.32 Å². The molecule has 0 bridgehead atoms. The van der Waals surface area contributed by atoms with Gasteiger partial charge in [0.2, 0.25) is 11.8 Å². The molecule has 1 saturated carbocycles. The molecule has 108 valence electrons. The molecule has 1 heterocycles. The summed E-state index contributed by atoms with van der Waals surface area (Å²) in [5.74, 6) is 0.218. The van der Waals surface area contributed by atoms with Gasteiger partial charge in [-0.25, -0.2) is 0 Å². The summed E-state index contributed by atoms with van der Waals surface area (Å²) in [7, 11) is 0. The lowest BCUT2D eigenvalue weighted by Crippen LogP contribution is -2.47. The first-order chi connectivity index (χ1) is 8.98. The zero-order chi connectivity index (χ0) is 13.9. The van der Waals surface area contributed by atoms with Gasteiger partial charge in [0.25, 0.3) is 0 Å². The monoisotopic (exact) mass is 267 g/mol. The smallest absolute Gasteiger partial charge is 0.222 e. The fraction of sp³-hybridized carbons (Fsp3) is 0.857. The zero-order valence-electron chi connectivity index (χ0n) is 11.8. The van der Waals surface area contributed by atoms with E-state index < -0.39 is 0 Å². The summed E-state index contributed by atoms with van der Waals surface area (Å²) in [6, 6.07) is -0.000414.